The van der Waals surface area contributed by atoms with E-state index in [1.54, 1.807) is 0 Å². The summed E-state index contributed by atoms with van der Waals surface area (Å²) in [6.45, 7) is 10.2. The van der Waals surface area contributed by atoms with E-state index in [1.165, 1.54) is 0 Å². The second kappa shape index (κ2) is 5.45. The molecule has 3 nitrogen and oxygen atoms in total. The lowest BCUT2D eigenvalue weighted by Gasteiger charge is -2.53. The first kappa shape index (κ1) is 13.6. The highest BCUT2D eigenvalue weighted by molar-refractivity contribution is 5.08. The van der Waals surface area contributed by atoms with Crippen LogP contribution in [-0.2, 0) is 11.3 Å². The molecule has 0 aliphatic heterocycles. The van der Waals surface area contributed by atoms with Crippen LogP contribution in [0.25, 0.3) is 0 Å². The predicted molar refractivity (Wildman–Crippen MR) is 72.5 cm³/mol. The van der Waals surface area contributed by atoms with E-state index in [0.717, 1.165) is 37.5 Å². The molecule has 2 rings (SSSR count). The van der Waals surface area contributed by atoms with E-state index in [2.05, 4.69) is 26.1 Å². The van der Waals surface area contributed by atoms with Crippen LogP contribution in [0.15, 0.2) is 16.5 Å². The molecule has 3 heteroatoms. The summed E-state index contributed by atoms with van der Waals surface area (Å²) in [5, 5.41) is 3.60. The van der Waals surface area contributed by atoms with Crippen molar-refractivity contribution in [2.45, 2.75) is 59.2 Å². The van der Waals surface area contributed by atoms with Crippen LogP contribution in [0.2, 0.25) is 0 Å². The normalized spacial score (nSPS) is 31.3. The lowest BCUT2D eigenvalue weighted by Crippen LogP contribution is -2.61. The van der Waals surface area contributed by atoms with Crippen LogP contribution in [0.5, 0.6) is 0 Å². The Morgan fingerprint density at radius 3 is 2.78 bits per heavy atom. The molecule has 0 radical (unpaired) electrons. The van der Waals surface area contributed by atoms with Crippen molar-refractivity contribution in [1.29, 1.82) is 0 Å². The van der Waals surface area contributed by atoms with E-state index in [4.69, 9.17) is 9.15 Å². The molecule has 18 heavy (non-hydrogen) atoms. The molecule has 0 amide bonds. The number of hydrogen-bond donors (Lipinski definition) is 1. The lowest BCUT2D eigenvalue weighted by atomic mass is 9.61. The van der Waals surface area contributed by atoms with Gasteiger partial charge in [-0.1, -0.05) is 13.8 Å². The molecule has 1 saturated carbocycles. The minimum atomic E-state index is 0.262. The van der Waals surface area contributed by atoms with Gasteiger partial charge in [0.2, 0.25) is 0 Å². The van der Waals surface area contributed by atoms with E-state index < -0.39 is 0 Å². The van der Waals surface area contributed by atoms with Gasteiger partial charge >= 0.3 is 0 Å². The van der Waals surface area contributed by atoms with Gasteiger partial charge in [0.1, 0.15) is 11.5 Å². The molecule has 1 N–H and O–H groups in total. The first-order valence-electron chi connectivity index (χ1n) is 7.00. The Labute approximate surface area is 110 Å². The van der Waals surface area contributed by atoms with Crippen molar-refractivity contribution in [3.63, 3.8) is 0 Å². The molecule has 3 atom stereocenters. The lowest BCUT2D eigenvalue weighted by molar-refractivity contribution is -0.126. The summed E-state index contributed by atoms with van der Waals surface area (Å²) in [6, 6.07) is 4.59. The Kier molecular flexibility index (Phi) is 4.13. The first-order chi connectivity index (χ1) is 8.60. The van der Waals surface area contributed by atoms with Gasteiger partial charge in [-0.25, -0.2) is 0 Å². The SMILES string of the molecule is CCOC1CC(NCc2ccc(C)o2)C1(C)CC. The molecule has 1 aromatic rings. The smallest absolute Gasteiger partial charge is 0.117 e. The van der Waals surface area contributed by atoms with Gasteiger partial charge in [-0.3, -0.25) is 0 Å². The molecular weight excluding hydrogens is 226 g/mol. The fourth-order valence-electron chi connectivity index (χ4n) is 2.87. The summed E-state index contributed by atoms with van der Waals surface area (Å²) < 4.78 is 11.4. The summed E-state index contributed by atoms with van der Waals surface area (Å²) >= 11 is 0. The van der Waals surface area contributed by atoms with Crippen LogP contribution in [0.4, 0.5) is 0 Å². The predicted octanol–water partition coefficient (Wildman–Crippen LogP) is 3.27. The van der Waals surface area contributed by atoms with Crippen molar-refractivity contribution in [3.8, 4) is 0 Å². The summed E-state index contributed by atoms with van der Waals surface area (Å²) in [5.74, 6) is 2.00. The average molecular weight is 251 g/mol. The Morgan fingerprint density at radius 1 is 1.44 bits per heavy atom. The number of nitrogens with one attached hydrogen (secondary N) is 1. The fourth-order valence-corrected chi connectivity index (χ4v) is 2.87. The Morgan fingerprint density at radius 2 is 2.22 bits per heavy atom. The van der Waals surface area contributed by atoms with Gasteiger partial charge < -0.3 is 14.5 Å². The number of aryl methyl sites for hydroxylation is 1. The molecule has 1 aliphatic rings. The van der Waals surface area contributed by atoms with E-state index in [-0.39, 0.29) is 5.41 Å². The highest BCUT2D eigenvalue weighted by Crippen LogP contribution is 2.45. The van der Waals surface area contributed by atoms with Crippen LogP contribution < -0.4 is 5.32 Å². The maximum Gasteiger partial charge on any atom is 0.117 e. The van der Waals surface area contributed by atoms with Crippen molar-refractivity contribution in [2.24, 2.45) is 5.41 Å². The van der Waals surface area contributed by atoms with Crippen molar-refractivity contribution < 1.29 is 9.15 Å². The third-order valence-corrected chi connectivity index (χ3v) is 4.43. The Bertz CT molecular complexity index is 388. The average Bonchev–Trinajstić information content (AvgIpc) is 2.77. The van der Waals surface area contributed by atoms with E-state index in [0.29, 0.717) is 12.1 Å². The zero-order chi connectivity index (χ0) is 13.2. The molecule has 1 aliphatic carbocycles. The molecule has 1 aromatic heterocycles. The monoisotopic (exact) mass is 251 g/mol. The molecule has 3 unspecified atom stereocenters. The van der Waals surface area contributed by atoms with Gasteiger partial charge in [0.15, 0.2) is 0 Å². The zero-order valence-corrected chi connectivity index (χ0v) is 12.0. The van der Waals surface area contributed by atoms with Gasteiger partial charge in [0.05, 0.1) is 12.6 Å². The van der Waals surface area contributed by atoms with Crippen LogP contribution in [-0.4, -0.2) is 18.8 Å². The molecule has 1 fully saturated rings. The summed E-state index contributed by atoms with van der Waals surface area (Å²) in [5.41, 5.74) is 0.262. The van der Waals surface area contributed by atoms with Crippen molar-refractivity contribution in [1.82, 2.24) is 5.32 Å². The molecule has 0 saturated heterocycles. The standard InChI is InChI=1S/C15H25NO2/c1-5-15(4)13(9-14(15)17-6-2)16-10-12-8-7-11(3)18-12/h7-8,13-14,16H,5-6,9-10H2,1-4H3. The van der Waals surface area contributed by atoms with Gasteiger partial charge in [-0.15, -0.1) is 0 Å². The van der Waals surface area contributed by atoms with Crippen molar-refractivity contribution in [2.75, 3.05) is 6.61 Å². The summed E-state index contributed by atoms with van der Waals surface area (Å²) in [6.07, 6.45) is 2.66. The summed E-state index contributed by atoms with van der Waals surface area (Å²) in [7, 11) is 0. The highest BCUT2D eigenvalue weighted by atomic mass is 16.5. The van der Waals surface area contributed by atoms with E-state index in [9.17, 15) is 0 Å². The van der Waals surface area contributed by atoms with Gasteiger partial charge in [-0.2, -0.15) is 0 Å². The summed E-state index contributed by atoms with van der Waals surface area (Å²) in [4.78, 5) is 0. The van der Waals surface area contributed by atoms with Gasteiger partial charge in [0.25, 0.3) is 0 Å². The fraction of sp³-hybridized carbons (Fsp3) is 0.733. The minimum absolute atomic E-state index is 0.262. The van der Waals surface area contributed by atoms with E-state index in [1.807, 2.05) is 19.1 Å². The number of hydrogen-bond acceptors (Lipinski definition) is 3. The topological polar surface area (TPSA) is 34.4 Å². The third-order valence-electron chi connectivity index (χ3n) is 4.43. The maximum atomic E-state index is 5.81. The second-order valence-corrected chi connectivity index (χ2v) is 5.48. The van der Waals surface area contributed by atoms with Crippen LogP contribution in [0, 0.1) is 12.3 Å². The Balaban J connectivity index is 1.87. The van der Waals surface area contributed by atoms with Crippen LogP contribution in [0.1, 0.15) is 45.1 Å². The molecular formula is C15H25NO2. The highest BCUT2D eigenvalue weighted by Gasteiger charge is 2.50. The first-order valence-corrected chi connectivity index (χ1v) is 7.00. The van der Waals surface area contributed by atoms with Gasteiger partial charge in [-0.05, 0) is 38.8 Å². The van der Waals surface area contributed by atoms with Crippen molar-refractivity contribution >= 4 is 0 Å². The quantitative estimate of drug-likeness (QED) is 0.842. The van der Waals surface area contributed by atoms with Crippen LogP contribution >= 0.6 is 0 Å². The molecule has 0 spiro atoms. The Hall–Kier alpha value is -0.800. The number of rotatable bonds is 6. The third kappa shape index (κ3) is 2.47. The number of ether oxygens (including phenoxy) is 1. The molecule has 0 bridgehead atoms. The van der Waals surface area contributed by atoms with Gasteiger partial charge in [0, 0.05) is 18.1 Å². The minimum Gasteiger partial charge on any atom is -0.465 e. The maximum absolute atomic E-state index is 5.81. The molecule has 102 valence electrons. The van der Waals surface area contributed by atoms with E-state index >= 15 is 0 Å². The van der Waals surface area contributed by atoms with Crippen LogP contribution in [0.3, 0.4) is 0 Å². The second-order valence-electron chi connectivity index (χ2n) is 5.48. The zero-order valence-electron chi connectivity index (χ0n) is 12.0. The molecule has 1 heterocycles. The molecule has 0 aromatic carbocycles. The largest absolute Gasteiger partial charge is 0.465 e. The number of furan rings is 1. The van der Waals surface area contributed by atoms with Crippen molar-refractivity contribution in [3.05, 3.63) is 23.7 Å².